The third kappa shape index (κ3) is 1.92. The van der Waals surface area contributed by atoms with E-state index in [0.717, 1.165) is 18.4 Å². The summed E-state index contributed by atoms with van der Waals surface area (Å²) in [5.41, 5.74) is 1.06. The van der Waals surface area contributed by atoms with Gasteiger partial charge in [0.2, 0.25) is 5.75 Å². The summed E-state index contributed by atoms with van der Waals surface area (Å²) in [6, 6.07) is 3.49. The largest absolute Gasteiger partial charge is 0.504 e. The standard InChI is InChI=1S/C11H16O3/c1-4-5-8-6-7-9(12)11(14-3)10(8)13-2/h6-7,12H,4-5H2,1-3H3. The molecular formula is C11H16O3. The maximum absolute atomic E-state index is 9.51. The van der Waals surface area contributed by atoms with Crippen LogP contribution in [0.1, 0.15) is 18.9 Å². The van der Waals surface area contributed by atoms with Crippen LogP contribution in [0.2, 0.25) is 0 Å². The number of hydrogen-bond acceptors (Lipinski definition) is 3. The van der Waals surface area contributed by atoms with E-state index in [2.05, 4.69) is 6.92 Å². The lowest BCUT2D eigenvalue weighted by molar-refractivity contribution is 0.330. The van der Waals surface area contributed by atoms with E-state index in [1.165, 1.54) is 7.11 Å². The van der Waals surface area contributed by atoms with Crippen LogP contribution in [-0.2, 0) is 6.42 Å². The van der Waals surface area contributed by atoms with Gasteiger partial charge in [-0.25, -0.2) is 0 Å². The first-order valence-electron chi connectivity index (χ1n) is 4.67. The van der Waals surface area contributed by atoms with Crippen LogP contribution < -0.4 is 9.47 Å². The minimum Gasteiger partial charge on any atom is -0.504 e. The highest BCUT2D eigenvalue weighted by molar-refractivity contribution is 5.55. The fourth-order valence-corrected chi connectivity index (χ4v) is 1.48. The van der Waals surface area contributed by atoms with Gasteiger partial charge in [0.1, 0.15) is 0 Å². The summed E-state index contributed by atoms with van der Waals surface area (Å²) in [6.45, 7) is 2.10. The first-order valence-corrected chi connectivity index (χ1v) is 4.67. The second kappa shape index (κ2) is 4.74. The quantitative estimate of drug-likeness (QED) is 0.803. The molecule has 3 heteroatoms. The Morgan fingerprint density at radius 3 is 2.29 bits per heavy atom. The minimum atomic E-state index is 0.115. The molecule has 1 aromatic carbocycles. The Hall–Kier alpha value is -1.38. The maximum Gasteiger partial charge on any atom is 0.203 e. The molecule has 0 saturated carbocycles. The molecule has 0 aromatic heterocycles. The molecule has 0 saturated heterocycles. The average Bonchev–Trinajstić information content (AvgIpc) is 2.20. The third-order valence-corrected chi connectivity index (χ3v) is 2.10. The van der Waals surface area contributed by atoms with Crippen LogP contribution in [-0.4, -0.2) is 19.3 Å². The fraction of sp³-hybridized carbons (Fsp3) is 0.455. The first kappa shape index (κ1) is 10.7. The molecular weight excluding hydrogens is 180 g/mol. The number of ether oxygens (including phenoxy) is 2. The van der Waals surface area contributed by atoms with Crippen molar-refractivity contribution >= 4 is 0 Å². The molecule has 14 heavy (non-hydrogen) atoms. The molecule has 0 aliphatic carbocycles. The summed E-state index contributed by atoms with van der Waals surface area (Å²) in [4.78, 5) is 0. The van der Waals surface area contributed by atoms with Crippen molar-refractivity contribution in [3.63, 3.8) is 0 Å². The van der Waals surface area contributed by atoms with Crippen molar-refractivity contribution in [1.29, 1.82) is 0 Å². The van der Waals surface area contributed by atoms with Gasteiger partial charge >= 0.3 is 0 Å². The van der Waals surface area contributed by atoms with E-state index in [1.807, 2.05) is 6.07 Å². The van der Waals surface area contributed by atoms with Gasteiger partial charge in [-0.3, -0.25) is 0 Å². The maximum atomic E-state index is 9.51. The smallest absolute Gasteiger partial charge is 0.203 e. The number of phenols is 1. The summed E-state index contributed by atoms with van der Waals surface area (Å²) < 4.78 is 10.3. The number of rotatable bonds is 4. The SMILES string of the molecule is CCCc1ccc(O)c(OC)c1OC. The van der Waals surface area contributed by atoms with Gasteiger partial charge in [-0.05, 0) is 18.1 Å². The van der Waals surface area contributed by atoms with Gasteiger partial charge in [0.05, 0.1) is 14.2 Å². The number of aromatic hydroxyl groups is 1. The first-order chi connectivity index (χ1) is 6.74. The van der Waals surface area contributed by atoms with E-state index >= 15 is 0 Å². The van der Waals surface area contributed by atoms with Crippen LogP contribution in [0.4, 0.5) is 0 Å². The van der Waals surface area contributed by atoms with Crippen molar-refractivity contribution in [2.24, 2.45) is 0 Å². The number of aryl methyl sites for hydroxylation is 1. The Labute approximate surface area is 84.3 Å². The van der Waals surface area contributed by atoms with Crippen molar-refractivity contribution in [1.82, 2.24) is 0 Å². The van der Waals surface area contributed by atoms with Gasteiger partial charge in [0.25, 0.3) is 0 Å². The molecule has 1 aromatic rings. The Balaban J connectivity index is 3.18. The summed E-state index contributed by atoms with van der Waals surface area (Å²) >= 11 is 0. The van der Waals surface area contributed by atoms with Gasteiger partial charge in [-0.1, -0.05) is 19.4 Å². The molecule has 0 radical (unpaired) electrons. The lowest BCUT2D eigenvalue weighted by Gasteiger charge is -2.13. The van der Waals surface area contributed by atoms with Gasteiger partial charge in [-0.15, -0.1) is 0 Å². The van der Waals surface area contributed by atoms with Crippen molar-refractivity contribution in [3.05, 3.63) is 17.7 Å². The molecule has 0 amide bonds. The summed E-state index contributed by atoms with van der Waals surface area (Å²) in [5, 5.41) is 9.51. The molecule has 1 N–H and O–H groups in total. The lowest BCUT2D eigenvalue weighted by Crippen LogP contribution is -1.96. The Morgan fingerprint density at radius 1 is 1.14 bits per heavy atom. The number of hydrogen-bond donors (Lipinski definition) is 1. The molecule has 0 fully saturated rings. The van der Waals surface area contributed by atoms with Crippen molar-refractivity contribution in [2.75, 3.05) is 14.2 Å². The lowest BCUT2D eigenvalue weighted by atomic mass is 10.1. The molecule has 3 nitrogen and oxygen atoms in total. The van der Waals surface area contributed by atoms with E-state index in [0.29, 0.717) is 11.5 Å². The van der Waals surface area contributed by atoms with Crippen LogP contribution >= 0.6 is 0 Å². The second-order valence-electron chi connectivity index (χ2n) is 3.06. The minimum absolute atomic E-state index is 0.115. The van der Waals surface area contributed by atoms with Gasteiger partial charge < -0.3 is 14.6 Å². The highest BCUT2D eigenvalue weighted by Gasteiger charge is 2.13. The number of benzene rings is 1. The van der Waals surface area contributed by atoms with Crippen LogP contribution in [0.5, 0.6) is 17.2 Å². The van der Waals surface area contributed by atoms with Gasteiger partial charge in [0.15, 0.2) is 11.5 Å². The highest BCUT2D eigenvalue weighted by atomic mass is 16.5. The van der Waals surface area contributed by atoms with Gasteiger partial charge in [-0.2, -0.15) is 0 Å². The molecule has 0 atom stereocenters. The summed E-state index contributed by atoms with van der Waals surface area (Å²) in [7, 11) is 3.10. The average molecular weight is 196 g/mol. The molecule has 0 unspecified atom stereocenters. The van der Waals surface area contributed by atoms with Crippen LogP contribution in [0.25, 0.3) is 0 Å². The highest BCUT2D eigenvalue weighted by Crippen LogP contribution is 2.39. The molecule has 0 spiro atoms. The summed E-state index contributed by atoms with van der Waals surface area (Å²) in [5.74, 6) is 1.16. The zero-order valence-corrected chi connectivity index (χ0v) is 8.83. The zero-order valence-electron chi connectivity index (χ0n) is 8.83. The van der Waals surface area contributed by atoms with Crippen LogP contribution in [0, 0.1) is 0 Å². The number of methoxy groups -OCH3 is 2. The molecule has 0 aliphatic heterocycles. The molecule has 0 bridgehead atoms. The topological polar surface area (TPSA) is 38.7 Å². The van der Waals surface area contributed by atoms with E-state index in [-0.39, 0.29) is 5.75 Å². The summed E-state index contributed by atoms with van der Waals surface area (Å²) in [6.07, 6.45) is 1.95. The van der Waals surface area contributed by atoms with Crippen molar-refractivity contribution in [3.8, 4) is 17.2 Å². The van der Waals surface area contributed by atoms with E-state index < -0.39 is 0 Å². The van der Waals surface area contributed by atoms with E-state index in [4.69, 9.17) is 9.47 Å². The molecule has 1 rings (SSSR count). The Bertz CT molecular complexity index is 308. The Morgan fingerprint density at radius 2 is 1.79 bits per heavy atom. The Kier molecular flexibility index (Phi) is 3.63. The predicted molar refractivity (Wildman–Crippen MR) is 55.2 cm³/mol. The molecule has 0 aliphatic rings. The normalized spacial score (nSPS) is 9.93. The third-order valence-electron chi connectivity index (χ3n) is 2.10. The second-order valence-corrected chi connectivity index (χ2v) is 3.06. The zero-order chi connectivity index (χ0) is 10.6. The van der Waals surface area contributed by atoms with Crippen LogP contribution in [0.15, 0.2) is 12.1 Å². The van der Waals surface area contributed by atoms with E-state index in [1.54, 1.807) is 13.2 Å². The van der Waals surface area contributed by atoms with Gasteiger partial charge in [0, 0.05) is 0 Å². The van der Waals surface area contributed by atoms with E-state index in [9.17, 15) is 5.11 Å². The van der Waals surface area contributed by atoms with Crippen molar-refractivity contribution in [2.45, 2.75) is 19.8 Å². The van der Waals surface area contributed by atoms with Crippen LogP contribution in [0.3, 0.4) is 0 Å². The molecule has 0 heterocycles. The fourth-order valence-electron chi connectivity index (χ4n) is 1.48. The number of phenolic OH excluding ortho intramolecular Hbond substituents is 1. The monoisotopic (exact) mass is 196 g/mol. The van der Waals surface area contributed by atoms with Crippen molar-refractivity contribution < 1.29 is 14.6 Å². The predicted octanol–water partition coefficient (Wildman–Crippen LogP) is 2.36. The molecule has 78 valence electrons.